The van der Waals surface area contributed by atoms with Crippen molar-refractivity contribution in [2.24, 2.45) is 0 Å². The van der Waals surface area contributed by atoms with Crippen molar-refractivity contribution in [2.45, 2.75) is 12.8 Å². The van der Waals surface area contributed by atoms with Gasteiger partial charge in [0.15, 0.2) is 0 Å². The summed E-state index contributed by atoms with van der Waals surface area (Å²) in [6.07, 6.45) is 6.78. The Labute approximate surface area is 279 Å². The number of hydrogen-bond donors (Lipinski definition) is 0. The zero-order chi connectivity index (χ0) is 31.6. The lowest BCUT2D eigenvalue weighted by molar-refractivity contribution is 0.985. The van der Waals surface area contributed by atoms with Crippen LogP contribution >= 0.6 is 0 Å². The van der Waals surface area contributed by atoms with Crippen molar-refractivity contribution in [3.63, 3.8) is 0 Å². The lowest BCUT2D eigenvalue weighted by Gasteiger charge is -2.28. The smallest absolute Gasteiger partial charge is 0.0625 e. The van der Waals surface area contributed by atoms with E-state index in [0.717, 1.165) is 29.9 Å². The first-order chi connectivity index (χ1) is 23.8. The van der Waals surface area contributed by atoms with Crippen LogP contribution in [-0.4, -0.2) is 4.57 Å². The zero-order valence-corrected chi connectivity index (χ0v) is 26.5. The number of benzene rings is 8. The van der Waals surface area contributed by atoms with E-state index in [1.807, 2.05) is 0 Å². The summed E-state index contributed by atoms with van der Waals surface area (Å²) >= 11 is 0. The van der Waals surface area contributed by atoms with Crippen molar-refractivity contribution in [1.29, 1.82) is 0 Å². The average Bonchev–Trinajstić information content (AvgIpc) is 3.50. The Hall–Kier alpha value is -6.12. The van der Waals surface area contributed by atoms with Crippen LogP contribution in [-0.2, 0) is 6.42 Å². The fourth-order valence-electron chi connectivity index (χ4n) is 8.04. The van der Waals surface area contributed by atoms with Crippen LogP contribution in [0, 0.1) is 0 Å². The van der Waals surface area contributed by atoms with Gasteiger partial charge in [0.2, 0.25) is 0 Å². The van der Waals surface area contributed by atoms with Gasteiger partial charge in [0.05, 0.1) is 16.7 Å². The first-order valence-electron chi connectivity index (χ1n) is 16.8. The minimum atomic E-state index is 1.09. The molecule has 0 atom stereocenters. The predicted molar refractivity (Wildman–Crippen MR) is 205 cm³/mol. The summed E-state index contributed by atoms with van der Waals surface area (Å²) < 4.78 is 2.47. The normalized spacial score (nSPS) is 12.8. The SMILES string of the molecule is C1=Cc2cc(N(c3ccc4c(c3)c3c5ccccc5c5ccccc5c3n4-c3ccccc3)c3cccc4ccccc34)ccc2CC1. The van der Waals surface area contributed by atoms with Crippen molar-refractivity contribution in [2.75, 3.05) is 4.90 Å². The third kappa shape index (κ3) is 4.06. The maximum atomic E-state index is 2.47. The summed E-state index contributed by atoms with van der Waals surface area (Å²) in [5, 5.41) is 10.1. The van der Waals surface area contributed by atoms with E-state index >= 15 is 0 Å². The first-order valence-corrected chi connectivity index (χ1v) is 16.8. The highest BCUT2D eigenvalue weighted by Gasteiger charge is 2.22. The standard InChI is InChI=1S/C46H32N2/c1-2-17-34(18-3-1)48-44-28-27-36(30-42(44)45-40-22-10-8-20-38(40)39-21-9-11-23-41(39)46(45)48)47(35-26-25-31-13-4-5-15-33(31)29-35)43-24-12-16-32-14-6-7-19-37(32)43/h1-3,5-12,14-30H,4,13H2. The van der Waals surface area contributed by atoms with Gasteiger partial charge in [-0.25, -0.2) is 0 Å². The molecule has 1 heterocycles. The highest BCUT2D eigenvalue weighted by atomic mass is 15.1. The van der Waals surface area contributed by atoms with Crippen molar-refractivity contribution < 1.29 is 0 Å². The monoisotopic (exact) mass is 612 g/mol. The largest absolute Gasteiger partial charge is 0.310 e. The van der Waals surface area contributed by atoms with Gasteiger partial charge in [-0.3, -0.25) is 0 Å². The molecule has 0 fully saturated rings. The average molecular weight is 613 g/mol. The van der Waals surface area contributed by atoms with E-state index in [1.54, 1.807) is 0 Å². The van der Waals surface area contributed by atoms with Crippen molar-refractivity contribution >= 4 is 77.3 Å². The van der Waals surface area contributed by atoms with E-state index in [1.165, 1.54) is 70.9 Å². The molecular weight excluding hydrogens is 581 g/mol. The molecule has 1 aromatic heterocycles. The molecule has 0 saturated heterocycles. The van der Waals surface area contributed by atoms with Gasteiger partial charge in [-0.15, -0.1) is 0 Å². The second-order valence-corrected chi connectivity index (χ2v) is 12.8. The summed E-state index contributed by atoms with van der Waals surface area (Å²) in [7, 11) is 0. The van der Waals surface area contributed by atoms with Crippen LogP contribution in [0.4, 0.5) is 17.1 Å². The van der Waals surface area contributed by atoms with Crippen LogP contribution in [0.5, 0.6) is 0 Å². The third-order valence-electron chi connectivity index (χ3n) is 10.2. The number of aromatic nitrogens is 1. The molecule has 0 spiro atoms. The minimum absolute atomic E-state index is 1.09. The first kappa shape index (κ1) is 27.0. The summed E-state index contributed by atoms with van der Waals surface area (Å²) in [5.41, 5.74) is 9.82. The summed E-state index contributed by atoms with van der Waals surface area (Å²) in [4.78, 5) is 2.46. The molecule has 0 aliphatic heterocycles. The quantitative estimate of drug-likeness (QED) is 0.180. The van der Waals surface area contributed by atoms with E-state index in [4.69, 9.17) is 0 Å². The van der Waals surface area contributed by atoms with Gasteiger partial charge in [0, 0.05) is 38.6 Å². The fourth-order valence-corrected chi connectivity index (χ4v) is 8.04. The number of rotatable bonds is 4. The molecule has 226 valence electrons. The van der Waals surface area contributed by atoms with Crippen LogP contribution < -0.4 is 4.90 Å². The summed E-state index contributed by atoms with van der Waals surface area (Å²) in [6, 6.07) is 58.0. The number of para-hydroxylation sites is 1. The van der Waals surface area contributed by atoms with Gasteiger partial charge in [-0.1, -0.05) is 121 Å². The molecule has 10 rings (SSSR count). The molecule has 1 aliphatic rings. The van der Waals surface area contributed by atoms with E-state index in [0.29, 0.717) is 0 Å². The molecule has 2 nitrogen and oxygen atoms in total. The topological polar surface area (TPSA) is 8.17 Å². The summed E-state index contributed by atoms with van der Waals surface area (Å²) in [5.74, 6) is 0. The highest BCUT2D eigenvalue weighted by molar-refractivity contribution is 6.32. The molecule has 8 aromatic carbocycles. The molecule has 9 aromatic rings. The number of fused-ring (bicyclic) bond motifs is 10. The Morgan fingerprint density at radius 3 is 2.02 bits per heavy atom. The maximum absolute atomic E-state index is 2.47. The Kier molecular flexibility index (Phi) is 6.04. The van der Waals surface area contributed by atoms with Gasteiger partial charge >= 0.3 is 0 Å². The molecule has 0 saturated carbocycles. The second kappa shape index (κ2) is 10.7. The Balaban J connectivity index is 1.34. The van der Waals surface area contributed by atoms with E-state index < -0.39 is 0 Å². The number of anilines is 3. The molecule has 0 amide bonds. The Morgan fingerprint density at radius 1 is 0.500 bits per heavy atom. The molecule has 1 aliphatic carbocycles. The second-order valence-electron chi connectivity index (χ2n) is 12.8. The number of hydrogen-bond acceptors (Lipinski definition) is 1. The minimum Gasteiger partial charge on any atom is -0.310 e. The van der Waals surface area contributed by atoms with Crippen LogP contribution in [0.1, 0.15) is 17.5 Å². The lowest BCUT2D eigenvalue weighted by Crippen LogP contribution is -2.11. The highest BCUT2D eigenvalue weighted by Crippen LogP contribution is 2.46. The number of allylic oxidation sites excluding steroid dienone is 1. The van der Waals surface area contributed by atoms with E-state index in [-0.39, 0.29) is 0 Å². The molecule has 0 bridgehead atoms. The number of aryl methyl sites for hydroxylation is 1. The van der Waals surface area contributed by atoms with Crippen molar-refractivity contribution in [1.82, 2.24) is 4.57 Å². The van der Waals surface area contributed by atoms with Crippen LogP contribution in [0.15, 0.2) is 164 Å². The Morgan fingerprint density at radius 2 is 1.17 bits per heavy atom. The van der Waals surface area contributed by atoms with Gasteiger partial charge in [-0.2, -0.15) is 0 Å². The third-order valence-corrected chi connectivity index (χ3v) is 10.2. The van der Waals surface area contributed by atoms with Crippen LogP contribution in [0.3, 0.4) is 0 Å². The van der Waals surface area contributed by atoms with E-state index in [9.17, 15) is 0 Å². The zero-order valence-electron chi connectivity index (χ0n) is 26.5. The molecular formula is C46H32N2. The van der Waals surface area contributed by atoms with Gasteiger partial charge < -0.3 is 9.47 Å². The van der Waals surface area contributed by atoms with Crippen LogP contribution in [0.25, 0.3) is 65.9 Å². The fraction of sp³-hybridized carbons (Fsp3) is 0.0435. The van der Waals surface area contributed by atoms with Crippen LogP contribution in [0.2, 0.25) is 0 Å². The molecule has 0 N–H and O–H groups in total. The predicted octanol–water partition coefficient (Wildman–Crippen LogP) is 12.7. The van der Waals surface area contributed by atoms with Gasteiger partial charge in [0.25, 0.3) is 0 Å². The van der Waals surface area contributed by atoms with E-state index in [2.05, 4.69) is 179 Å². The molecule has 2 heteroatoms. The molecule has 0 radical (unpaired) electrons. The van der Waals surface area contributed by atoms with Crippen molar-refractivity contribution in [3.8, 4) is 5.69 Å². The number of nitrogens with zero attached hydrogens (tertiary/aromatic N) is 2. The summed E-state index contributed by atoms with van der Waals surface area (Å²) in [6.45, 7) is 0. The maximum Gasteiger partial charge on any atom is 0.0625 e. The molecule has 0 unspecified atom stereocenters. The van der Waals surface area contributed by atoms with Gasteiger partial charge in [-0.05, 0) is 94.0 Å². The molecule has 48 heavy (non-hydrogen) atoms. The van der Waals surface area contributed by atoms with Crippen molar-refractivity contribution in [3.05, 3.63) is 175 Å². The van der Waals surface area contributed by atoms with Gasteiger partial charge in [0.1, 0.15) is 0 Å². The Bertz CT molecular complexity index is 2730. The lowest BCUT2D eigenvalue weighted by atomic mass is 9.96.